The average molecular weight is 359 g/mol. The van der Waals surface area contributed by atoms with E-state index in [9.17, 15) is 13.7 Å². The zero-order valence-electron chi connectivity index (χ0n) is 13.7. The number of anilines is 1. The summed E-state index contributed by atoms with van der Waals surface area (Å²) < 4.78 is 29.2. The number of aryl methyl sites for hydroxylation is 1. The van der Waals surface area contributed by atoms with Gasteiger partial charge < -0.3 is 10.1 Å². The summed E-state index contributed by atoms with van der Waals surface area (Å²) in [5, 5.41) is 23.0. The van der Waals surface area contributed by atoms with Crippen LogP contribution >= 0.6 is 0 Å². The van der Waals surface area contributed by atoms with E-state index in [1.165, 1.54) is 17.1 Å². The molecule has 2 heterocycles. The van der Waals surface area contributed by atoms with Gasteiger partial charge in [-0.2, -0.15) is 10.4 Å². The lowest BCUT2D eigenvalue weighted by Crippen LogP contribution is -2.13. The van der Waals surface area contributed by atoms with Crippen molar-refractivity contribution >= 4 is 26.6 Å². The summed E-state index contributed by atoms with van der Waals surface area (Å²) in [6.45, 7) is 3.44. The van der Waals surface area contributed by atoms with Crippen LogP contribution in [0.15, 0.2) is 35.6 Å². The number of hydrogen-bond donors (Lipinski definition) is 3. The average Bonchev–Trinajstić information content (AvgIpc) is 3.24. The van der Waals surface area contributed by atoms with Gasteiger partial charge in [0.05, 0.1) is 35.6 Å². The van der Waals surface area contributed by atoms with E-state index in [1.807, 2.05) is 6.92 Å². The third-order valence-electron chi connectivity index (χ3n) is 4.01. The number of aliphatic hydroxyl groups is 1. The molecule has 1 unspecified atom stereocenters. The van der Waals surface area contributed by atoms with Crippen molar-refractivity contribution in [2.75, 3.05) is 11.3 Å². The summed E-state index contributed by atoms with van der Waals surface area (Å²) in [6, 6.07) is 5.17. The molecule has 0 aliphatic heterocycles. The third-order valence-corrected chi connectivity index (χ3v) is 5.33. The number of aromatic nitrogens is 3. The fourth-order valence-electron chi connectivity index (χ4n) is 2.58. The molecule has 3 rings (SSSR count). The fourth-order valence-corrected chi connectivity index (χ4v) is 3.59. The number of nitriles is 1. The lowest BCUT2D eigenvalue weighted by Gasteiger charge is -2.09. The molecule has 1 atom stereocenters. The Bertz CT molecular complexity index is 1080. The van der Waals surface area contributed by atoms with Crippen molar-refractivity contribution in [2.24, 2.45) is 0 Å². The van der Waals surface area contributed by atoms with Crippen molar-refractivity contribution in [3.8, 4) is 6.07 Å². The van der Waals surface area contributed by atoms with Crippen molar-refractivity contribution in [2.45, 2.75) is 24.8 Å². The van der Waals surface area contributed by atoms with Crippen molar-refractivity contribution in [3.63, 3.8) is 0 Å². The molecular weight excluding hydrogens is 342 g/mol. The predicted octanol–water partition coefficient (Wildman–Crippen LogP) is 1.90. The SMILES string of the molecule is Cc1ccc(NS(=O)(=O)c2cnn(C(C)CO)c2)c2[nH]cc(C#N)c12. The molecule has 130 valence electrons. The number of fused-ring (bicyclic) bond motifs is 1. The molecule has 0 saturated carbocycles. The Hall–Kier alpha value is -2.83. The van der Waals surface area contributed by atoms with Crippen LogP contribution in [0.2, 0.25) is 0 Å². The number of aromatic amines is 1. The van der Waals surface area contributed by atoms with Crippen molar-refractivity contribution in [3.05, 3.63) is 41.9 Å². The van der Waals surface area contributed by atoms with Gasteiger partial charge in [-0.1, -0.05) is 6.07 Å². The molecule has 0 saturated heterocycles. The van der Waals surface area contributed by atoms with Gasteiger partial charge in [-0.3, -0.25) is 9.40 Å². The van der Waals surface area contributed by atoms with E-state index in [1.54, 1.807) is 25.3 Å². The van der Waals surface area contributed by atoms with E-state index in [4.69, 9.17) is 5.11 Å². The monoisotopic (exact) mass is 359 g/mol. The first-order chi connectivity index (χ1) is 11.9. The van der Waals surface area contributed by atoms with E-state index >= 15 is 0 Å². The molecular formula is C16H17N5O3S. The highest BCUT2D eigenvalue weighted by Crippen LogP contribution is 2.29. The Kier molecular flexibility index (Phi) is 4.24. The number of H-pyrrole nitrogens is 1. The standard InChI is InChI=1S/C16H17N5O3S/c1-10-3-4-14(16-15(10)12(5-17)6-18-16)20-25(23,24)13-7-19-21(8-13)11(2)9-22/h3-4,6-8,11,18,20,22H,9H2,1-2H3. The molecule has 0 spiro atoms. The van der Waals surface area contributed by atoms with Crippen molar-refractivity contribution < 1.29 is 13.5 Å². The maximum absolute atomic E-state index is 12.6. The normalized spacial score (nSPS) is 12.9. The van der Waals surface area contributed by atoms with Crippen LogP contribution in [-0.4, -0.2) is 34.9 Å². The summed E-state index contributed by atoms with van der Waals surface area (Å²) >= 11 is 0. The minimum Gasteiger partial charge on any atom is -0.394 e. The third kappa shape index (κ3) is 2.97. The van der Waals surface area contributed by atoms with Crippen LogP contribution in [-0.2, 0) is 10.0 Å². The van der Waals surface area contributed by atoms with Gasteiger partial charge >= 0.3 is 0 Å². The summed E-state index contributed by atoms with van der Waals surface area (Å²) in [5.41, 5.74) is 2.24. The molecule has 0 aliphatic rings. The molecule has 0 aliphatic carbocycles. The molecule has 8 nitrogen and oxygen atoms in total. The van der Waals surface area contributed by atoms with E-state index < -0.39 is 10.0 Å². The number of nitrogens with zero attached hydrogens (tertiary/aromatic N) is 3. The number of benzene rings is 1. The minimum absolute atomic E-state index is 0.00594. The van der Waals surface area contributed by atoms with Gasteiger partial charge in [0.15, 0.2) is 0 Å². The van der Waals surface area contributed by atoms with Crippen molar-refractivity contribution in [1.82, 2.24) is 14.8 Å². The first kappa shape index (κ1) is 17.0. The zero-order chi connectivity index (χ0) is 18.2. The molecule has 9 heteroatoms. The number of aliphatic hydroxyl groups excluding tert-OH is 1. The Morgan fingerprint density at radius 3 is 2.92 bits per heavy atom. The van der Waals surface area contributed by atoms with Gasteiger partial charge in [0.1, 0.15) is 11.0 Å². The first-order valence-electron chi connectivity index (χ1n) is 7.56. The number of nitrogens with one attached hydrogen (secondary N) is 2. The Balaban J connectivity index is 2.01. The lowest BCUT2D eigenvalue weighted by molar-refractivity contribution is 0.229. The van der Waals surface area contributed by atoms with Gasteiger partial charge in [0, 0.05) is 17.8 Å². The Morgan fingerprint density at radius 1 is 1.48 bits per heavy atom. The maximum Gasteiger partial charge on any atom is 0.265 e. The maximum atomic E-state index is 12.6. The van der Waals surface area contributed by atoms with E-state index in [-0.39, 0.29) is 17.5 Å². The van der Waals surface area contributed by atoms with Crippen LogP contribution in [0, 0.1) is 18.3 Å². The molecule has 3 aromatic rings. The molecule has 1 aromatic carbocycles. The van der Waals surface area contributed by atoms with E-state index in [0.717, 1.165) is 5.56 Å². The number of sulfonamides is 1. The molecule has 2 aromatic heterocycles. The first-order valence-corrected chi connectivity index (χ1v) is 9.04. The molecule has 0 fully saturated rings. The van der Waals surface area contributed by atoms with E-state index in [0.29, 0.717) is 22.2 Å². The topological polar surface area (TPSA) is 124 Å². The quantitative estimate of drug-likeness (QED) is 0.642. The van der Waals surface area contributed by atoms with Gasteiger partial charge in [0.25, 0.3) is 10.0 Å². The number of hydrogen-bond acceptors (Lipinski definition) is 5. The van der Waals surface area contributed by atoms with Crippen LogP contribution in [0.1, 0.15) is 24.1 Å². The van der Waals surface area contributed by atoms with Crippen LogP contribution in [0.25, 0.3) is 10.9 Å². The van der Waals surface area contributed by atoms with Gasteiger partial charge in [-0.15, -0.1) is 0 Å². The predicted molar refractivity (Wildman–Crippen MR) is 92.6 cm³/mol. The Morgan fingerprint density at radius 2 is 2.24 bits per heavy atom. The number of rotatable bonds is 5. The summed E-state index contributed by atoms with van der Waals surface area (Å²) in [7, 11) is -3.85. The van der Waals surface area contributed by atoms with Crippen molar-refractivity contribution in [1.29, 1.82) is 5.26 Å². The zero-order valence-corrected chi connectivity index (χ0v) is 14.5. The van der Waals surface area contributed by atoms with E-state index in [2.05, 4.69) is 20.9 Å². The highest BCUT2D eigenvalue weighted by atomic mass is 32.2. The van der Waals surface area contributed by atoms with Crippen LogP contribution in [0.4, 0.5) is 5.69 Å². The van der Waals surface area contributed by atoms with Crippen LogP contribution < -0.4 is 4.72 Å². The Labute approximate surface area is 144 Å². The molecule has 25 heavy (non-hydrogen) atoms. The molecule has 0 radical (unpaired) electrons. The second-order valence-electron chi connectivity index (χ2n) is 5.79. The largest absolute Gasteiger partial charge is 0.394 e. The molecule has 0 bridgehead atoms. The second-order valence-corrected chi connectivity index (χ2v) is 7.47. The summed E-state index contributed by atoms with van der Waals surface area (Å²) in [4.78, 5) is 2.95. The minimum atomic E-state index is -3.85. The van der Waals surface area contributed by atoms with Gasteiger partial charge in [-0.05, 0) is 25.5 Å². The summed E-state index contributed by atoms with van der Waals surface area (Å²) in [6.07, 6.45) is 4.15. The molecule has 0 amide bonds. The summed E-state index contributed by atoms with van der Waals surface area (Å²) in [5.74, 6) is 0. The highest BCUT2D eigenvalue weighted by Gasteiger charge is 2.20. The van der Waals surface area contributed by atoms with Gasteiger partial charge in [-0.25, -0.2) is 8.42 Å². The van der Waals surface area contributed by atoms with Crippen LogP contribution in [0.5, 0.6) is 0 Å². The van der Waals surface area contributed by atoms with Gasteiger partial charge in [0.2, 0.25) is 0 Å². The lowest BCUT2D eigenvalue weighted by atomic mass is 10.1. The smallest absolute Gasteiger partial charge is 0.265 e. The fraction of sp³-hybridized carbons (Fsp3) is 0.250. The molecule has 3 N–H and O–H groups in total. The van der Waals surface area contributed by atoms with Crippen LogP contribution in [0.3, 0.4) is 0 Å². The second kappa shape index (κ2) is 6.23. The highest BCUT2D eigenvalue weighted by molar-refractivity contribution is 7.92.